The van der Waals surface area contributed by atoms with Crippen LogP contribution in [0.5, 0.6) is 6.01 Å². The average Bonchev–Trinajstić information content (AvgIpc) is 1.78. The number of alkyl halides is 3. The van der Waals surface area contributed by atoms with Crippen LogP contribution in [0.1, 0.15) is 0 Å². The van der Waals surface area contributed by atoms with Gasteiger partial charge in [0.15, 0.2) is 0 Å². The zero-order chi connectivity index (χ0) is 10.1. The van der Waals surface area contributed by atoms with E-state index >= 15 is 0 Å². The van der Waals surface area contributed by atoms with Crippen molar-refractivity contribution in [2.45, 2.75) is 5.57 Å². The van der Waals surface area contributed by atoms with Crippen molar-refractivity contribution in [3.8, 4) is 6.01 Å². The Bertz CT molecular complexity index is 296. The number of nitrogens with zero attached hydrogens (tertiary/aromatic N) is 3. The first-order valence-corrected chi connectivity index (χ1v) is 3.17. The van der Waals surface area contributed by atoms with E-state index < -0.39 is 23.6 Å². The third-order valence-electron chi connectivity index (χ3n) is 0.812. The molecule has 0 fully saturated rings. The van der Waals surface area contributed by atoms with Crippen LogP contribution >= 0.6 is 11.6 Å². The van der Waals surface area contributed by atoms with Gasteiger partial charge in [0.05, 0.1) is 0 Å². The molecule has 1 aromatic rings. The zero-order valence-electron chi connectivity index (χ0n) is 5.84. The second-order valence-electron chi connectivity index (χ2n) is 1.79. The lowest BCUT2D eigenvalue weighted by molar-refractivity contribution is -0.102. The fourth-order valence-electron chi connectivity index (χ4n) is 0.496. The Morgan fingerprint density at radius 3 is 2.38 bits per heavy atom. The van der Waals surface area contributed by atoms with Gasteiger partial charge in [0.25, 0.3) is 0 Å². The van der Waals surface area contributed by atoms with Crippen molar-refractivity contribution in [3.63, 3.8) is 0 Å². The summed E-state index contributed by atoms with van der Waals surface area (Å²) in [6, 6.07) is -0.981. The number of ether oxygens (including phenoxy) is 1. The molecule has 0 spiro atoms. The van der Waals surface area contributed by atoms with E-state index in [9.17, 15) is 13.2 Å². The Kier molecular flexibility index (Phi) is 2.41. The number of hydrogen-bond acceptors (Lipinski definition) is 5. The molecule has 0 aliphatic heterocycles. The molecule has 0 unspecified atom stereocenters. The molecule has 0 aromatic carbocycles. The predicted octanol–water partition coefficient (Wildman–Crippen LogP) is 0.761. The second kappa shape index (κ2) is 3.21. The number of hydrogen-bond donors (Lipinski definition) is 1. The lowest BCUT2D eigenvalue weighted by atomic mass is 10.9. The van der Waals surface area contributed by atoms with Crippen LogP contribution in [-0.2, 0) is 0 Å². The first kappa shape index (κ1) is 9.78. The maximum Gasteiger partial charge on any atom is 0.489 e. The van der Waals surface area contributed by atoms with E-state index in [1.165, 1.54) is 0 Å². The highest BCUT2D eigenvalue weighted by Crippen LogP contribution is 2.21. The summed E-state index contributed by atoms with van der Waals surface area (Å²) in [5.41, 5.74) is 0.894. The SMILES string of the molecule is Nc1nc(F)nc(OC(F)(F)Cl)n1. The van der Waals surface area contributed by atoms with E-state index in [2.05, 4.69) is 31.3 Å². The third kappa shape index (κ3) is 3.28. The van der Waals surface area contributed by atoms with Crippen LogP contribution in [0.3, 0.4) is 0 Å². The monoisotopic (exact) mass is 214 g/mol. The van der Waals surface area contributed by atoms with Gasteiger partial charge >= 0.3 is 17.7 Å². The van der Waals surface area contributed by atoms with Gasteiger partial charge in [-0.05, 0) is 0 Å². The minimum absolute atomic E-state index is 0.580. The van der Waals surface area contributed by atoms with Crippen LogP contribution in [0.25, 0.3) is 0 Å². The lowest BCUT2D eigenvalue weighted by Crippen LogP contribution is -2.18. The van der Waals surface area contributed by atoms with Gasteiger partial charge in [0.1, 0.15) is 0 Å². The van der Waals surface area contributed by atoms with Crippen molar-refractivity contribution in [1.82, 2.24) is 15.0 Å². The normalized spacial score (nSPS) is 11.4. The first-order chi connectivity index (χ1) is 5.87. The molecule has 0 atom stereocenters. The van der Waals surface area contributed by atoms with Crippen LogP contribution < -0.4 is 10.5 Å². The fourth-order valence-corrected chi connectivity index (χ4v) is 0.565. The highest BCUT2D eigenvalue weighted by atomic mass is 35.5. The van der Waals surface area contributed by atoms with Gasteiger partial charge in [-0.2, -0.15) is 14.4 Å². The average molecular weight is 215 g/mol. The molecule has 0 aliphatic rings. The Balaban J connectivity index is 2.90. The number of anilines is 1. The molecule has 1 heterocycles. The summed E-state index contributed by atoms with van der Waals surface area (Å²) in [5.74, 6) is -0.580. The van der Waals surface area contributed by atoms with Gasteiger partial charge in [-0.25, -0.2) is 0 Å². The molecule has 0 radical (unpaired) electrons. The van der Waals surface area contributed by atoms with Gasteiger partial charge in [-0.15, -0.1) is 13.8 Å². The quantitative estimate of drug-likeness (QED) is 0.736. The number of nitrogen functional groups attached to an aromatic ring is 1. The number of nitrogens with two attached hydrogens (primary N) is 1. The van der Waals surface area contributed by atoms with Gasteiger partial charge < -0.3 is 10.5 Å². The number of aromatic nitrogens is 3. The molecule has 1 aromatic heterocycles. The number of halogens is 4. The van der Waals surface area contributed by atoms with Crippen molar-refractivity contribution in [1.29, 1.82) is 0 Å². The lowest BCUT2D eigenvalue weighted by Gasteiger charge is -2.07. The van der Waals surface area contributed by atoms with Gasteiger partial charge in [-0.3, -0.25) is 0 Å². The minimum atomic E-state index is -4.01. The van der Waals surface area contributed by atoms with E-state index in [1.54, 1.807) is 0 Å². The Hall–Kier alpha value is -1.31. The summed E-state index contributed by atoms with van der Waals surface area (Å²) < 4.78 is 39.8. The third-order valence-corrected chi connectivity index (χ3v) is 0.889. The van der Waals surface area contributed by atoms with Gasteiger partial charge in [0.2, 0.25) is 5.95 Å². The molecular formula is C4H2ClF3N4O. The minimum Gasteiger partial charge on any atom is -0.385 e. The molecule has 13 heavy (non-hydrogen) atoms. The highest BCUT2D eigenvalue weighted by molar-refractivity contribution is 6.20. The first-order valence-electron chi connectivity index (χ1n) is 2.79. The molecule has 9 heteroatoms. The van der Waals surface area contributed by atoms with Crippen LogP contribution in [-0.4, -0.2) is 20.5 Å². The van der Waals surface area contributed by atoms with Crippen molar-refractivity contribution < 1.29 is 17.9 Å². The molecule has 0 bridgehead atoms. The van der Waals surface area contributed by atoms with Crippen LogP contribution in [0.15, 0.2) is 0 Å². The summed E-state index contributed by atoms with van der Waals surface area (Å²) in [6.45, 7) is 0. The maximum atomic E-state index is 12.3. The van der Waals surface area contributed by atoms with Crippen molar-refractivity contribution in [3.05, 3.63) is 6.08 Å². The standard InChI is InChI=1S/C4H2ClF3N4O/c5-4(7,8)13-3-11-1(6)10-2(9)12-3/h(H2,9,10,11,12). The van der Waals surface area contributed by atoms with E-state index in [0.717, 1.165) is 0 Å². The summed E-state index contributed by atoms with van der Waals surface area (Å²) >= 11 is 4.35. The maximum absolute atomic E-state index is 12.3. The smallest absolute Gasteiger partial charge is 0.385 e. The largest absolute Gasteiger partial charge is 0.489 e. The molecule has 72 valence electrons. The van der Waals surface area contributed by atoms with Gasteiger partial charge in [-0.1, -0.05) is 0 Å². The predicted molar refractivity (Wildman–Crippen MR) is 35.6 cm³/mol. The highest BCUT2D eigenvalue weighted by Gasteiger charge is 2.29. The van der Waals surface area contributed by atoms with Crippen molar-refractivity contribution >= 4 is 17.5 Å². The molecule has 0 aliphatic carbocycles. The van der Waals surface area contributed by atoms with Gasteiger partial charge in [0, 0.05) is 11.6 Å². The van der Waals surface area contributed by atoms with Crippen molar-refractivity contribution in [2.75, 3.05) is 5.73 Å². The number of rotatable bonds is 2. The molecule has 1 rings (SSSR count). The summed E-state index contributed by atoms with van der Waals surface area (Å²) in [5, 5.41) is 0. The molecule has 0 saturated heterocycles. The summed E-state index contributed by atoms with van der Waals surface area (Å²) in [4.78, 5) is 8.70. The van der Waals surface area contributed by atoms with Crippen LogP contribution in [0.2, 0.25) is 0 Å². The van der Waals surface area contributed by atoms with Crippen molar-refractivity contribution in [2.24, 2.45) is 0 Å². The van der Waals surface area contributed by atoms with E-state index in [0.29, 0.717) is 0 Å². The fraction of sp³-hybridized carbons (Fsp3) is 0.250. The summed E-state index contributed by atoms with van der Waals surface area (Å²) in [7, 11) is 0. The van der Waals surface area contributed by atoms with E-state index in [1.807, 2.05) is 0 Å². The molecule has 5 nitrogen and oxygen atoms in total. The summed E-state index contributed by atoms with van der Waals surface area (Å²) in [6.07, 6.45) is -1.33. The molecule has 2 N–H and O–H groups in total. The molecule has 0 amide bonds. The Morgan fingerprint density at radius 1 is 1.31 bits per heavy atom. The van der Waals surface area contributed by atoms with Crippen LogP contribution in [0.4, 0.5) is 19.1 Å². The Morgan fingerprint density at radius 2 is 1.92 bits per heavy atom. The van der Waals surface area contributed by atoms with Crippen LogP contribution in [0, 0.1) is 6.08 Å². The second-order valence-corrected chi connectivity index (χ2v) is 2.23. The van der Waals surface area contributed by atoms with E-state index in [-0.39, 0.29) is 0 Å². The zero-order valence-corrected chi connectivity index (χ0v) is 6.60. The molecule has 0 saturated carbocycles. The molecular weight excluding hydrogens is 213 g/mol. The Labute approximate surface area is 74.7 Å². The van der Waals surface area contributed by atoms with E-state index in [4.69, 9.17) is 5.73 Å². The topological polar surface area (TPSA) is 73.9 Å².